The van der Waals surface area contributed by atoms with Crippen molar-refractivity contribution in [1.82, 2.24) is 18.5 Å². The van der Waals surface area contributed by atoms with E-state index < -0.39 is 18.3 Å². The lowest BCUT2D eigenvalue weighted by Gasteiger charge is -2.38. The van der Waals surface area contributed by atoms with Crippen LogP contribution in [0.25, 0.3) is 22.1 Å². The molecule has 0 bridgehead atoms. The first-order valence-corrected chi connectivity index (χ1v) is 18.0. The summed E-state index contributed by atoms with van der Waals surface area (Å²) in [4.78, 5) is 22.2. The fourth-order valence-electron chi connectivity index (χ4n) is 5.47. The van der Waals surface area contributed by atoms with Crippen LogP contribution in [-0.4, -0.2) is 48.3 Å². The smallest absolute Gasteiger partial charge is 0.308 e. The Bertz CT molecular complexity index is 1670. The Morgan fingerprint density at radius 3 is 2.48 bits per heavy atom. The second-order valence-electron chi connectivity index (χ2n) is 12.2. The van der Waals surface area contributed by atoms with Gasteiger partial charge in [0.15, 0.2) is 14.0 Å². The van der Waals surface area contributed by atoms with Crippen LogP contribution in [-0.2, 0) is 24.0 Å². The van der Waals surface area contributed by atoms with Crippen LogP contribution in [0.3, 0.4) is 0 Å². The minimum absolute atomic E-state index is 0.0132. The highest BCUT2D eigenvalue weighted by Crippen LogP contribution is 2.44. The number of hydrogen-bond donors (Lipinski definition) is 0. The van der Waals surface area contributed by atoms with Gasteiger partial charge in [-0.2, -0.15) is 0 Å². The van der Waals surface area contributed by atoms with E-state index in [0.717, 1.165) is 17.8 Å². The zero-order chi connectivity index (χ0) is 29.0. The standard InChI is InChI=1S/C29H38N4O5SSi/c1-19(38-40(6,7)29(2,3)4)26-31-24-18-30-27-23(15-16-32(27)39(35,36)22-11-9-8-10-12-22)25(24)33(26)21-14-13-20(17-21)28(34)37-5/h8-12,15-16,18-21H,13-14,17H2,1-7H3/t19-,20+,21-/m1/s1. The quantitative estimate of drug-likeness (QED) is 0.188. The number of pyridine rings is 1. The van der Waals surface area contributed by atoms with E-state index in [-0.39, 0.29) is 34.0 Å². The zero-order valence-electron chi connectivity index (χ0n) is 24.2. The van der Waals surface area contributed by atoms with E-state index in [4.69, 9.17) is 14.1 Å². The lowest BCUT2D eigenvalue weighted by atomic mass is 10.1. The Morgan fingerprint density at radius 2 is 1.82 bits per heavy atom. The first-order chi connectivity index (χ1) is 18.8. The second-order valence-corrected chi connectivity index (χ2v) is 18.8. The third-order valence-electron chi connectivity index (χ3n) is 8.60. The van der Waals surface area contributed by atoms with Crippen molar-refractivity contribution >= 4 is 46.4 Å². The number of fused-ring (bicyclic) bond motifs is 3. The molecule has 214 valence electrons. The van der Waals surface area contributed by atoms with Crippen LogP contribution < -0.4 is 0 Å². The third-order valence-corrected chi connectivity index (χ3v) is 14.8. The number of imidazole rings is 1. The molecule has 1 fully saturated rings. The van der Waals surface area contributed by atoms with Gasteiger partial charge >= 0.3 is 5.97 Å². The molecule has 0 saturated heterocycles. The third kappa shape index (κ3) is 4.77. The largest absolute Gasteiger partial charge is 0.469 e. The summed E-state index contributed by atoms with van der Waals surface area (Å²) >= 11 is 0. The topological polar surface area (TPSA) is 105 Å². The van der Waals surface area contributed by atoms with Gasteiger partial charge in [0.05, 0.1) is 29.6 Å². The molecule has 0 spiro atoms. The lowest BCUT2D eigenvalue weighted by molar-refractivity contribution is -0.145. The summed E-state index contributed by atoms with van der Waals surface area (Å²) < 4.78 is 42.3. The number of hydrogen-bond acceptors (Lipinski definition) is 7. The summed E-state index contributed by atoms with van der Waals surface area (Å²) in [6.07, 6.45) is 4.99. The maximum Gasteiger partial charge on any atom is 0.308 e. The van der Waals surface area contributed by atoms with E-state index in [1.807, 2.05) is 6.92 Å². The van der Waals surface area contributed by atoms with Gasteiger partial charge in [0.25, 0.3) is 10.0 Å². The normalized spacial score (nSPS) is 19.4. The van der Waals surface area contributed by atoms with Crippen molar-refractivity contribution < 1.29 is 22.4 Å². The molecule has 5 rings (SSSR count). The van der Waals surface area contributed by atoms with Crippen molar-refractivity contribution in [2.24, 2.45) is 5.92 Å². The summed E-state index contributed by atoms with van der Waals surface area (Å²) in [7, 11) is -4.57. The van der Waals surface area contributed by atoms with E-state index in [2.05, 4.69) is 43.4 Å². The molecule has 0 aliphatic heterocycles. The summed E-state index contributed by atoms with van der Waals surface area (Å²) in [6.45, 7) is 13.1. The van der Waals surface area contributed by atoms with E-state index >= 15 is 0 Å². The fourth-order valence-corrected chi connectivity index (χ4v) is 8.13. The van der Waals surface area contributed by atoms with Crippen LogP contribution >= 0.6 is 0 Å². The summed E-state index contributed by atoms with van der Waals surface area (Å²) in [5, 5.41) is 0.705. The number of esters is 1. The minimum atomic E-state index is -3.85. The molecule has 11 heteroatoms. The summed E-state index contributed by atoms with van der Waals surface area (Å²) in [5.74, 6) is 0.367. The highest BCUT2D eigenvalue weighted by molar-refractivity contribution is 7.90. The Morgan fingerprint density at radius 1 is 1.12 bits per heavy atom. The maximum atomic E-state index is 13.5. The number of benzene rings is 1. The molecule has 3 atom stereocenters. The minimum Gasteiger partial charge on any atom is -0.469 e. The van der Waals surface area contributed by atoms with Crippen molar-refractivity contribution in [3.8, 4) is 0 Å². The van der Waals surface area contributed by atoms with Crippen LogP contribution in [0.1, 0.15) is 64.9 Å². The first-order valence-electron chi connectivity index (χ1n) is 13.7. The average molecular weight is 583 g/mol. The number of rotatable bonds is 7. The lowest BCUT2D eigenvalue weighted by Crippen LogP contribution is -2.41. The number of carbonyl (C=O) groups is 1. The molecule has 40 heavy (non-hydrogen) atoms. The molecule has 1 saturated carbocycles. The van der Waals surface area contributed by atoms with Crippen molar-refractivity contribution in [1.29, 1.82) is 0 Å². The Labute approximate surface area is 236 Å². The Kier molecular flexibility index (Phi) is 7.21. The van der Waals surface area contributed by atoms with Gasteiger partial charge in [0, 0.05) is 17.6 Å². The van der Waals surface area contributed by atoms with Crippen molar-refractivity contribution in [3.05, 3.63) is 54.6 Å². The van der Waals surface area contributed by atoms with Crippen LogP contribution in [0.5, 0.6) is 0 Å². The van der Waals surface area contributed by atoms with Crippen molar-refractivity contribution in [2.75, 3.05) is 7.11 Å². The predicted octanol–water partition coefficient (Wildman–Crippen LogP) is 6.22. The molecule has 0 unspecified atom stereocenters. The van der Waals surface area contributed by atoms with Crippen LogP contribution in [0, 0.1) is 5.92 Å². The van der Waals surface area contributed by atoms with E-state index in [0.29, 0.717) is 29.4 Å². The molecular formula is C29H38N4O5SSi. The van der Waals surface area contributed by atoms with Crippen LogP contribution in [0.4, 0.5) is 0 Å². The number of methoxy groups -OCH3 is 1. The van der Waals surface area contributed by atoms with E-state index in [9.17, 15) is 13.2 Å². The number of ether oxygens (including phenoxy) is 1. The SMILES string of the molecule is COC(=O)[C@H]1CC[C@@H](n2c([C@@H](C)O[Si](C)(C)C(C)(C)C)nc3cnc4c(ccn4S(=O)(=O)c4ccccc4)c32)C1. The molecule has 3 aromatic heterocycles. The molecule has 1 aliphatic rings. The number of nitrogens with zero attached hydrogens (tertiary/aromatic N) is 4. The van der Waals surface area contributed by atoms with Gasteiger partial charge in [-0.3, -0.25) is 4.79 Å². The fraction of sp³-hybridized carbons (Fsp3) is 0.483. The first kappa shape index (κ1) is 28.5. The summed E-state index contributed by atoms with van der Waals surface area (Å²) in [6, 6.07) is 10.1. The molecule has 4 aromatic rings. The van der Waals surface area contributed by atoms with Gasteiger partial charge in [0.2, 0.25) is 0 Å². The molecule has 9 nitrogen and oxygen atoms in total. The van der Waals surface area contributed by atoms with E-state index in [1.54, 1.807) is 48.8 Å². The molecule has 0 radical (unpaired) electrons. The zero-order valence-corrected chi connectivity index (χ0v) is 26.0. The molecule has 0 N–H and O–H groups in total. The van der Waals surface area contributed by atoms with Gasteiger partial charge in [-0.05, 0) is 62.5 Å². The molecule has 0 amide bonds. The molecule has 3 heterocycles. The van der Waals surface area contributed by atoms with Crippen molar-refractivity contribution in [3.63, 3.8) is 0 Å². The van der Waals surface area contributed by atoms with Crippen LogP contribution in [0.15, 0.2) is 53.7 Å². The summed E-state index contributed by atoms with van der Waals surface area (Å²) in [5.41, 5.74) is 1.82. The van der Waals surface area contributed by atoms with Gasteiger partial charge in [-0.15, -0.1) is 0 Å². The average Bonchev–Trinajstić information content (AvgIpc) is 3.64. The molecular weight excluding hydrogens is 544 g/mol. The number of carbonyl (C=O) groups excluding carboxylic acids is 1. The second kappa shape index (κ2) is 10.1. The molecule has 1 aromatic carbocycles. The van der Waals surface area contributed by atoms with Gasteiger partial charge in [-0.1, -0.05) is 39.0 Å². The highest BCUT2D eigenvalue weighted by Gasteiger charge is 2.41. The Hall–Kier alpha value is -3.02. The van der Waals surface area contributed by atoms with Crippen molar-refractivity contribution in [2.45, 2.75) is 82.1 Å². The predicted molar refractivity (Wildman–Crippen MR) is 157 cm³/mol. The highest BCUT2D eigenvalue weighted by atomic mass is 32.2. The maximum absolute atomic E-state index is 13.5. The van der Waals surface area contributed by atoms with E-state index in [1.165, 1.54) is 11.1 Å². The molecule has 1 aliphatic carbocycles. The van der Waals surface area contributed by atoms with Gasteiger partial charge in [-0.25, -0.2) is 22.4 Å². The van der Waals surface area contributed by atoms with Gasteiger partial charge in [0.1, 0.15) is 17.4 Å². The monoisotopic (exact) mass is 582 g/mol. The van der Waals surface area contributed by atoms with Crippen LogP contribution in [0.2, 0.25) is 18.1 Å². The van der Waals surface area contributed by atoms with Gasteiger partial charge < -0.3 is 13.7 Å². The Balaban J connectivity index is 1.69. The number of aromatic nitrogens is 4.